The number of hydrogen-bond donors (Lipinski definition) is 0. The number of fused-ring (bicyclic) bond motifs is 1. The zero-order chi connectivity index (χ0) is 17.8. The van der Waals surface area contributed by atoms with Crippen LogP contribution in [0, 0.1) is 0 Å². The summed E-state index contributed by atoms with van der Waals surface area (Å²) >= 11 is 0. The summed E-state index contributed by atoms with van der Waals surface area (Å²) in [5.74, 6) is 0.934. The third-order valence-corrected chi connectivity index (χ3v) is 4.62. The van der Waals surface area contributed by atoms with Crippen LogP contribution in [0.1, 0.15) is 18.9 Å². The van der Waals surface area contributed by atoms with Gasteiger partial charge in [-0.2, -0.15) is 0 Å². The number of para-hydroxylation sites is 1. The Hall–Kier alpha value is -3.00. The van der Waals surface area contributed by atoms with Gasteiger partial charge in [0.2, 0.25) is 0 Å². The summed E-state index contributed by atoms with van der Waals surface area (Å²) in [6.45, 7) is 3.75. The number of nitrogens with zero attached hydrogens (tertiary/aromatic N) is 1. The van der Waals surface area contributed by atoms with Gasteiger partial charge in [-0.3, -0.25) is 0 Å². The zero-order valence-corrected chi connectivity index (χ0v) is 15.1. The van der Waals surface area contributed by atoms with Crippen molar-refractivity contribution in [1.82, 2.24) is 4.57 Å². The third kappa shape index (κ3) is 3.36. The average molecular weight is 341 g/mol. The minimum Gasteiger partial charge on any atom is -0.494 e. The van der Waals surface area contributed by atoms with Crippen molar-refractivity contribution in [2.24, 2.45) is 0 Å². The molecule has 0 unspecified atom stereocenters. The summed E-state index contributed by atoms with van der Waals surface area (Å²) in [4.78, 5) is 0. The van der Waals surface area contributed by atoms with Gasteiger partial charge in [0.15, 0.2) is 0 Å². The van der Waals surface area contributed by atoms with Gasteiger partial charge in [-0.25, -0.2) is 0 Å². The summed E-state index contributed by atoms with van der Waals surface area (Å²) in [6, 6.07) is 27.6. The first-order valence-corrected chi connectivity index (χ1v) is 9.20. The molecule has 2 heteroatoms. The van der Waals surface area contributed by atoms with E-state index >= 15 is 0 Å². The van der Waals surface area contributed by atoms with E-state index in [1.165, 1.54) is 27.6 Å². The lowest BCUT2D eigenvalue weighted by atomic mass is 10.0. The van der Waals surface area contributed by atoms with Gasteiger partial charge in [-0.05, 0) is 35.7 Å². The highest BCUT2D eigenvalue weighted by Crippen LogP contribution is 2.32. The van der Waals surface area contributed by atoms with Crippen LogP contribution >= 0.6 is 0 Å². The van der Waals surface area contributed by atoms with Crippen LogP contribution in [0.25, 0.3) is 22.0 Å². The monoisotopic (exact) mass is 341 g/mol. The van der Waals surface area contributed by atoms with Crippen molar-refractivity contribution < 1.29 is 4.74 Å². The van der Waals surface area contributed by atoms with Crippen molar-refractivity contribution in [1.29, 1.82) is 0 Å². The highest BCUT2D eigenvalue weighted by molar-refractivity contribution is 5.96. The molecule has 0 N–H and O–H groups in total. The van der Waals surface area contributed by atoms with E-state index in [0.29, 0.717) is 0 Å². The van der Waals surface area contributed by atoms with E-state index in [4.69, 9.17) is 4.74 Å². The van der Waals surface area contributed by atoms with Crippen LogP contribution in [0.3, 0.4) is 0 Å². The molecular formula is C24H23NO. The lowest BCUT2D eigenvalue weighted by molar-refractivity contribution is 0.317. The van der Waals surface area contributed by atoms with Crippen LogP contribution in [-0.2, 0) is 6.54 Å². The number of rotatable bonds is 6. The fourth-order valence-corrected chi connectivity index (χ4v) is 3.34. The van der Waals surface area contributed by atoms with Crippen LogP contribution in [0.15, 0.2) is 85.1 Å². The minimum absolute atomic E-state index is 0.760. The summed E-state index contributed by atoms with van der Waals surface area (Å²) in [5.41, 5.74) is 5.05. The molecule has 0 amide bonds. The Morgan fingerprint density at radius 2 is 1.54 bits per heavy atom. The van der Waals surface area contributed by atoms with Gasteiger partial charge in [0.05, 0.1) is 6.61 Å². The molecule has 3 aromatic carbocycles. The van der Waals surface area contributed by atoms with Gasteiger partial charge in [-0.15, -0.1) is 0 Å². The molecule has 1 aromatic heterocycles. The number of aromatic nitrogens is 1. The van der Waals surface area contributed by atoms with Crippen molar-refractivity contribution in [2.75, 3.05) is 6.61 Å². The van der Waals surface area contributed by atoms with E-state index in [-0.39, 0.29) is 0 Å². The van der Waals surface area contributed by atoms with Crippen molar-refractivity contribution in [3.8, 4) is 16.9 Å². The SMILES string of the molecule is CCCOc1ccc(-c2cn(Cc3ccccc3)c3ccccc23)cc1. The van der Waals surface area contributed by atoms with Crippen molar-refractivity contribution in [2.45, 2.75) is 19.9 Å². The molecule has 4 aromatic rings. The number of benzene rings is 3. The van der Waals surface area contributed by atoms with Gasteiger partial charge < -0.3 is 9.30 Å². The van der Waals surface area contributed by atoms with Crippen LogP contribution in [0.4, 0.5) is 0 Å². The molecule has 0 saturated heterocycles. The lowest BCUT2D eigenvalue weighted by Gasteiger charge is -2.06. The second-order valence-electron chi connectivity index (χ2n) is 6.55. The van der Waals surface area contributed by atoms with Gasteiger partial charge in [-0.1, -0.05) is 67.6 Å². The Kier molecular flexibility index (Phi) is 4.74. The first kappa shape index (κ1) is 16.5. The first-order valence-electron chi connectivity index (χ1n) is 9.20. The molecule has 26 heavy (non-hydrogen) atoms. The average Bonchev–Trinajstić information content (AvgIpc) is 3.06. The highest BCUT2D eigenvalue weighted by atomic mass is 16.5. The fourth-order valence-electron chi connectivity index (χ4n) is 3.34. The minimum atomic E-state index is 0.760. The third-order valence-electron chi connectivity index (χ3n) is 4.62. The predicted octanol–water partition coefficient (Wildman–Crippen LogP) is 6.15. The second-order valence-corrected chi connectivity index (χ2v) is 6.55. The number of ether oxygens (including phenoxy) is 1. The molecule has 0 bridgehead atoms. The molecule has 4 rings (SSSR count). The molecule has 0 radical (unpaired) electrons. The van der Waals surface area contributed by atoms with Gasteiger partial charge in [0.1, 0.15) is 5.75 Å². The maximum Gasteiger partial charge on any atom is 0.119 e. The van der Waals surface area contributed by atoms with E-state index < -0.39 is 0 Å². The van der Waals surface area contributed by atoms with Crippen LogP contribution in [0.5, 0.6) is 5.75 Å². The molecule has 0 aliphatic heterocycles. The zero-order valence-electron chi connectivity index (χ0n) is 15.1. The Labute approximate surface area is 154 Å². The van der Waals surface area contributed by atoms with Crippen molar-refractivity contribution in [3.05, 3.63) is 90.6 Å². The Morgan fingerprint density at radius 1 is 0.808 bits per heavy atom. The van der Waals surface area contributed by atoms with Gasteiger partial charge >= 0.3 is 0 Å². The van der Waals surface area contributed by atoms with Crippen LogP contribution in [0.2, 0.25) is 0 Å². The molecule has 0 aliphatic rings. The predicted molar refractivity (Wildman–Crippen MR) is 109 cm³/mol. The van der Waals surface area contributed by atoms with E-state index in [1.807, 2.05) is 0 Å². The molecule has 0 atom stereocenters. The van der Waals surface area contributed by atoms with E-state index in [1.54, 1.807) is 0 Å². The van der Waals surface area contributed by atoms with Crippen molar-refractivity contribution >= 4 is 10.9 Å². The molecule has 1 heterocycles. The first-order chi connectivity index (χ1) is 12.8. The molecule has 2 nitrogen and oxygen atoms in total. The van der Waals surface area contributed by atoms with E-state index in [0.717, 1.165) is 25.3 Å². The quantitative estimate of drug-likeness (QED) is 0.410. The maximum atomic E-state index is 5.71. The smallest absolute Gasteiger partial charge is 0.119 e. The fraction of sp³-hybridized carbons (Fsp3) is 0.167. The van der Waals surface area contributed by atoms with Gasteiger partial charge in [0, 0.05) is 29.2 Å². The van der Waals surface area contributed by atoms with E-state index in [2.05, 4.69) is 96.6 Å². The Balaban J connectivity index is 1.71. The standard InChI is InChI=1S/C24H23NO/c1-2-16-26-21-14-12-20(13-15-21)23-18-25(17-19-8-4-3-5-9-19)24-11-7-6-10-22(23)24/h3-15,18H,2,16-17H2,1H3. The van der Waals surface area contributed by atoms with Crippen LogP contribution in [-0.4, -0.2) is 11.2 Å². The molecule has 0 aliphatic carbocycles. The lowest BCUT2D eigenvalue weighted by Crippen LogP contribution is -1.97. The summed E-state index contributed by atoms with van der Waals surface area (Å²) in [5, 5.41) is 1.28. The molecule has 0 spiro atoms. The Bertz CT molecular complexity index is 984. The van der Waals surface area contributed by atoms with Crippen molar-refractivity contribution in [3.63, 3.8) is 0 Å². The molecule has 0 saturated carbocycles. The summed E-state index contributed by atoms with van der Waals surface area (Å²) in [6.07, 6.45) is 3.29. The van der Waals surface area contributed by atoms with Gasteiger partial charge in [0.25, 0.3) is 0 Å². The Morgan fingerprint density at radius 3 is 2.31 bits per heavy atom. The van der Waals surface area contributed by atoms with Crippen LogP contribution < -0.4 is 4.74 Å². The normalized spacial score (nSPS) is 11.0. The second kappa shape index (κ2) is 7.49. The maximum absolute atomic E-state index is 5.71. The summed E-state index contributed by atoms with van der Waals surface area (Å²) < 4.78 is 8.05. The van der Waals surface area contributed by atoms with E-state index in [9.17, 15) is 0 Å². The largest absolute Gasteiger partial charge is 0.494 e. The number of hydrogen-bond acceptors (Lipinski definition) is 1. The molecular weight excluding hydrogens is 318 g/mol. The summed E-state index contributed by atoms with van der Waals surface area (Å²) in [7, 11) is 0. The molecule has 130 valence electrons. The molecule has 0 fully saturated rings. The topological polar surface area (TPSA) is 14.2 Å². The highest BCUT2D eigenvalue weighted by Gasteiger charge is 2.10.